The van der Waals surface area contributed by atoms with Gasteiger partial charge in [-0.25, -0.2) is 0 Å². The molecule has 0 radical (unpaired) electrons. The number of allylic oxidation sites excluding steroid dienone is 1. The third-order valence-electron chi connectivity index (χ3n) is 6.57. The lowest BCUT2D eigenvalue weighted by Crippen LogP contribution is -2.23. The highest BCUT2D eigenvalue weighted by molar-refractivity contribution is 5.90. The molecule has 25 heavy (non-hydrogen) atoms. The van der Waals surface area contributed by atoms with E-state index >= 15 is 0 Å². The predicted octanol–water partition coefficient (Wildman–Crippen LogP) is 6.94. The van der Waals surface area contributed by atoms with Crippen LogP contribution in [0.25, 0.3) is 0 Å². The van der Waals surface area contributed by atoms with Crippen LogP contribution in [-0.2, 0) is 4.74 Å². The molecule has 0 spiro atoms. The zero-order chi connectivity index (χ0) is 18.1. The lowest BCUT2D eigenvalue weighted by Gasteiger charge is -2.27. The fourth-order valence-electron chi connectivity index (χ4n) is 4.67. The van der Waals surface area contributed by atoms with Crippen LogP contribution in [0, 0.1) is 17.8 Å². The maximum absolute atomic E-state index is 6.35. The van der Waals surface area contributed by atoms with Crippen LogP contribution >= 0.6 is 0 Å². The van der Waals surface area contributed by atoms with Crippen molar-refractivity contribution >= 4 is 5.71 Å². The van der Waals surface area contributed by atoms with Gasteiger partial charge >= 0.3 is 0 Å². The van der Waals surface area contributed by atoms with Crippen molar-refractivity contribution in [2.75, 3.05) is 6.61 Å². The number of ether oxygens (including phenoxy) is 1. The molecule has 2 rings (SSSR count). The van der Waals surface area contributed by atoms with Crippen LogP contribution in [-0.4, -0.2) is 18.4 Å². The summed E-state index contributed by atoms with van der Waals surface area (Å²) in [6.45, 7) is 10.0. The molecule has 1 heterocycles. The third kappa shape index (κ3) is 6.24. The molecule has 0 aromatic carbocycles. The molecule has 0 saturated heterocycles. The number of aliphatic imine (C=N–C) groups is 1. The van der Waals surface area contributed by atoms with Gasteiger partial charge in [0.05, 0.1) is 18.4 Å². The molecule has 144 valence electrons. The average molecular weight is 348 g/mol. The lowest BCUT2D eigenvalue weighted by molar-refractivity contribution is 0.0368. The summed E-state index contributed by atoms with van der Waals surface area (Å²) in [4.78, 5) is 4.93. The molecule has 1 aliphatic carbocycles. The Morgan fingerprint density at radius 3 is 2.28 bits per heavy atom. The molecule has 1 saturated carbocycles. The van der Waals surface area contributed by atoms with Crippen molar-refractivity contribution in [3.05, 3.63) is 11.8 Å². The summed E-state index contributed by atoms with van der Waals surface area (Å²) in [6.07, 6.45) is 17.0. The highest BCUT2D eigenvalue weighted by Crippen LogP contribution is 2.31. The summed E-state index contributed by atoms with van der Waals surface area (Å²) in [5.74, 6) is 2.25. The van der Waals surface area contributed by atoms with Crippen molar-refractivity contribution < 1.29 is 4.74 Å². The molecule has 2 nitrogen and oxygen atoms in total. The fourth-order valence-corrected chi connectivity index (χ4v) is 4.67. The van der Waals surface area contributed by atoms with E-state index in [9.17, 15) is 0 Å². The molecule has 0 N–H and O–H groups in total. The van der Waals surface area contributed by atoms with Crippen LogP contribution < -0.4 is 0 Å². The summed E-state index contributed by atoms with van der Waals surface area (Å²) in [7, 11) is 0. The van der Waals surface area contributed by atoms with Gasteiger partial charge in [0.1, 0.15) is 0 Å². The smallest absolute Gasteiger partial charge is 0.0963 e. The molecule has 0 aromatic rings. The standard InChI is InChI=1S/C23H41NO/c1-5-19(6-2)23-16-15-22(24-23)18(4)25-17-21-14-12-10-8-9-11-13-20(21)7-3/h15,18-21H,5-14,16-17H2,1-4H3. The van der Waals surface area contributed by atoms with Crippen molar-refractivity contribution in [2.45, 2.75) is 104 Å². The van der Waals surface area contributed by atoms with E-state index in [0.29, 0.717) is 5.92 Å². The van der Waals surface area contributed by atoms with E-state index in [1.54, 1.807) is 0 Å². The zero-order valence-corrected chi connectivity index (χ0v) is 17.2. The average Bonchev–Trinajstić information content (AvgIpc) is 3.14. The monoisotopic (exact) mass is 347 g/mol. The largest absolute Gasteiger partial charge is 0.372 e. The quantitative estimate of drug-likeness (QED) is 0.466. The van der Waals surface area contributed by atoms with Gasteiger partial charge in [0.25, 0.3) is 0 Å². The van der Waals surface area contributed by atoms with Crippen LogP contribution in [0.3, 0.4) is 0 Å². The van der Waals surface area contributed by atoms with Gasteiger partial charge in [0.15, 0.2) is 0 Å². The molecule has 1 aliphatic heterocycles. The Morgan fingerprint density at radius 1 is 1.00 bits per heavy atom. The Morgan fingerprint density at radius 2 is 1.64 bits per heavy atom. The van der Waals surface area contributed by atoms with E-state index in [1.165, 1.54) is 75.6 Å². The second-order valence-electron chi connectivity index (χ2n) is 8.20. The van der Waals surface area contributed by atoms with Gasteiger partial charge in [-0.3, -0.25) is 4.99 Å². The summed E-state index contributed by atoms with van der Waals surface area (Å²) in [5.41, 5.74) is 2.56. The fraction of sp³-hybridized carbons (Fsp3) is 0.870. The van der Waals surface area contributed by atoms with Crippen molar-refractivity contribution in [3.8, 4) is 0 Å². The van der Waals surface area contributed by atoms with Gasteiger partial charge in [-0.05, 0) is 43.9 Å². The first-order valence-corrected chi connectivity index (χ1v) is 11.1. The Balaban J connectivity index is 1.88. The maximum Gasteiger partial charge on any atom is 0.0963 e. The summed E-state index contributed by atoms with van der Waals surface area (Å²) in [6, 6.07) is 0. The van der Waals surface area contributed by atoms with Crippen molar-refractivity contribution in [2.24, 2.45) is 22.7 Å². The van der Waals surface area contributed by atoms with E-state index in [1.807, 2.05) is 0 Å². The highest BCUT2D eigenvalue weighted by atomic mass is 16.5. The normalized spacial score (nSPS) is 26.6. The molecule has 3 unspecified atom stereocenters. The summed E-state index contributed by atoms with van der Waals surface area (Å²) < 4.78 is 6.35. The Hall–Kier alpha value is -0.630. The van der Waals surface area contributed by atoms with Crippen LogP contribution in [0.2, 0.25) is 0 Å². The number of hydrogen-bond donors (Lipinski definition) is 0. The maximum atomic E-state index is 6.35. The Kier molecular flexibility index (Phi) is 9.23. The van der Waals surface area contributed by atoms with E-state index in [-0.39, 0.29) is 6.10 Å². The minimum absolute atomic E-state index is 0.150. The molecule has 0 aromatic heterocycles. The second-order valence-corrected chi connectivity index (χ2v) is 8.20. The molecule has 3 atom stereocenters. The molecule has 0 amide bonds. The van der Waals surface area contributed by atoms with Crippen LogP contribution in [0.15, 0.2) is 16.8 Å². The summed E-state index contributed by atoms with van der Waals surface area (Å²) >= 11 is 0. The minimum Gasteiger partial charge on any atom is -0.372 e. The Bertz CT molecular complexity index is 435. The van der Waals surface area contributed by atoms with E-state index < -0.39 is 0 Å². The molecular weight excluding hydrogens is 306 g/mol. The lowest BCUT2D eigenvalue weighted by atomic mass is 9.84. The molecule has 1 fully saturated rings. The first-order valence-electron chi connectivity index (χ1n) is 11.1. The van der Waals surface area contributed by atoms with Crippen molar-refractivity contribution in [1.29, 1.82) is 0 Å². The van der Waals surface area contributed by atoms with Crippen molar-refractivity contribution in [3.63, 3.8) is 0 Å². The van der Waals surface area contributed by atoms with E-state index in [2.05, 4.69) is 33.8 Å². The molecule has 0 bridgehead atoms. The van der Waals surface area contributed by atoms with Gasteiger partial charge in [0.2, 0.25) is 0 Å². The number of rotatable bonds is 8. The van der Waals surface area contributed by atoms with E-state index in [0.717, 1.165) is 24.9 Å². The first kappa shape index (κ1) is 20.7. The molecule has 2 heteroatoms. The van der Waals surface area contributed by atoms with Gasteiger partial charge in [-0.2, -0.15) is 0 Å². The molecular formula is C23H41NO. The van der Waals surface area contributed by atoms with Gasteiger partial charge in [0, 0.05) is 12.1 Å². The van der Waals surface area contributed by atoms with Crippen molar-refractivity contribution in [1.82, 2.24) is 0 Å². The van der Waals surface area contributed by atoms with Crippen LogP contribution in [0.5, 0.6) is 0 Å². The SMILES string of the molecule is CCC(CC)C1=NC(C(C)OCC2CCCCCCCC2CC)=CC1. The van der Waals surface area contributed by atoms with Gasteiger partial charge < -0.3 is 4.74 Å². The van der Waals surface area contributed by atoms with Gasteiger partial charge in [-0.15, -0.1) is 0 Å². The topological polar surface area (TPSA) is 21.6 Å². The zero-order valence-electron chi connectivity index (χ0n) is 17.2. The third-order valence-corrected chi connectivity index (χ3v) is 6.57. The highest BCUT2D eigenvalue weighted by Gasteiger charge is 2.24. The van der Waals surface area contributed by atoms with E-state index in [4.69, 9.17) is 9.73 Å². The first-order chi connectivity index (χ1) is 12.2. The number of nitrogens with zero attached hydrogens (tertiary/aromatic N) is 1. The minimum atomic E-state index is 0.150. The summed E-state index contributed by atoms with van der Waals surface area (Å²) in [5, 5.41) is 0. The van der Waals surface area contributed by atoms with Crippen LogP contribution in [0.4, 0.5) is 0 Å². The second kappa shape index (κ2) is 11.2. The Labute approximate surface area is 156 Å². The number of hydrogen-bond acceptors (Lipinski definition) is 2. The van der Waals surface area contributed by atoms with Crippen LogP contribution in [0.1, 0.15) is 98.3 Å². The predicted molar refractivity (Wildman–Crippen MR) is 109 cm³/mol. The van der Waals surface area contributed by atoms with Gasteiger partial charge in [-0.1, -0.05) is 71.8 Å². The molecule has 2 aliphatic rings.